The molecule has 0 unspecified atom stereocenters. The Morgan fingerprint density at radius 1 is 1.09 bits per heavy atom. The second-order valence-corrected chi connectivity index (χ2v) is 9.11. The summed E-state index contributed by atoms with van der Waals surface area (Å²) in [6.45, 7) is 3.49. The van der Waals surface area contributed by atoms with E-state index >= 15 is 0 Å². The smallest absolute Gasteiger partial charge is 0.246 e. The summed E-state index contributed by atoms with van der Waals surface area (Å²) in [5, 5.41) is 7.08. The lowest BCUT2D eigenvalue weighted by Gasteiger charge is -2.19. The maximum Gasteiger partial charge on any atom is 0.246 e. The summed E-state index contributed by atoms with van der Waals surface area (Å²) in [6.07, 6.45) is 3.37. The molecule has 0 radical (unpaired) electrons. The third kappa shape index (κ3) is 7.33. The van der Waals surface area contributed by atoms with Crippen LogP contribution in [0, 0.1) is 6.92 Å². The number of amides is 2. The quantitative estimate of drug-likeness (QED) is 0.294. The zero-order valence-corrected chi connectivity index (χ0v) is 21.1. The average Bonchev–Trinajstić information content (AvgIpc) is 3.13. The van der Waals surface area contributed by atoms with Crippen LogP contribution < -0.4 is 15.4 Å². The van der Waals surface area contributed by atoms with Crippen LogP contribution in [-0.2, 0) is 20.8 Å². The third-order valence-electron chi connectivity index (χ3n) is 5.97. The average molecular weight is 498 g/mol. The molecule has 35 heavy (non-hydrogen) atoms. The molecule has 2 aromatic carbocycles. The zero-order chi connectivity index (χ0) is 25.4. The number of H-pyrrole nitrogens is 1. The van der Waals surface area contributed by atoms with Crippen molar-refractivity contribution in [1.29, 1.82) is 0 Å². The van der Waals surface area contributed by atoms with Gasteiger partial charge in [-0.1, -0.05) is 36.6 Å². The largest absolute Gasteiger partial charge is 0.497 e. The Hall–Kier alpha value is -3.32. The van der Waals surface area contributed by atoms with Gasteiger partial charge in [0.05, 0.1) is 24.2 Å². The van der Waals surface area contributed by atoms with E-state index in [0.29, 0.717) is 35.7 Å². The molecular weight excluding hydrogens is 466 g/mol. The number of rotatable bonds is 12. The monoisotopic (exact) mass is 497 g/mol. The Morgan fingerprint density at radius 2 is 1.86 bits per heavy atom. The van der Waals surface area contributed by atoms with Gasteiger partial charge in [-0.25, -0.2) is 0 Å². The van der Waals surface area contributed by atoms with Crippen LogP contribution in [0.4, 0.5) is 5.69 Å². The first-order chi connectivity index (χ1) is 16.8. The highest BCUT2D eigenvalue weighted by atomic mass is 35.5. The Balaban J connectivity index is 1.72. The number of ketones is 1. The van der Waals surface area contributed by atoms with Gasteiger partial charge in [0.1, 0.15) is 17.6 Å². The molecule has 0 fully saturated rings. The number of hydrogen-bond donors (Lipinski definition) is 3. The Kier molecular flexibility index (Phi) is 9.32. The van der Waals surface area contributed by atoms with Crippen molar-refractivity contribution in [3.8, 4) is 5.75 Å². The minimum Gasteiger partial charge on any atom is -0.497 e. The predicted octanol–water partition coefficient (Wildman–Crippen LogP) is 5.34. The number of aromatic nitrogens is 1. The number of methoxy groups -OCH3 is 1. The van der Waals surface area contributed by atoms with E-state index in [1.165, 1.54) is 0 Å². The minimum atomic E-state index is -0.726. The first-order valence-corrected chi connectivity index (χ1v) is 12.2. The van der Waals surface area contributed by atoms with E-state index in [9.17, 15) is 14.4 Å². The molecule has 3 rings (SSSR count). The number of carbonyl (C=O) groups excluding carboxylic acids is 3. The van der Waals surface area contributed by atoms with E-state index in [2.05, 4.69) is 15.6 Å². The number of aromatic amines is 1. The minimum absolute atomic E-state index is 0.124. The van der Waals surface area contributed by atoms with Gasteiger partial charge in [0.2, 0.25) is 11.8 Å². The van der Waals surface area contributed by atoms with Gasteiger partial charge in [-0.05, 0) is 62.6 Å². The van der Waals surface area contributed by atoms with Crippen LogP contribution >= 0.6 is 11.6 Å². The first kappa shape index (κ1) is 26.3. The van der Waals surface area contributed by atoms with Crippen molar-refractivity contribution in [3.05, 3.63) is 58.7 Å². The van der Waals surface area contributed by atoms with E-state index < -0.39 is 6.04 Å². The Bertz CT molecular complexity index is 1200. The van der Waals surface area contributed by atoms with Crippen LogP contribution in [0.2, 0.25) is 5.02 Å². The van der Waals surface area contributed by atoms with Crippen molar-refractivity contribution >= 4 is 45.8 Å². The summed E-state index contributed by atoms with van der Waals surface area (Å²) in [5.74, 6) is 0.285. The molecule has 1 atom stereocenters. The highest BCUT2D eigenvalue weighted by Crippen LogP contribution is 2.27. The Morgan fingerprint density at radius 3 is 2.57 bits per heavy atom. The standard InChI is InChI=1S/C27H32ClN3O4/c1-17(32)9-5-4-6-12-25(27(34)31-24-11-8-7-10-22(24)28)30-26(33)16-20-18(2)29-23-14-13-19(35-3)15-21(20)23/h7-8,10-11,13-15,25,29H,4-6,9,12,16H2,1-3H3,(H,30,33)(H,31,34)/t25-/m0/s1. The number of ether oxygens (including phenoxy) is 1. The number of hydrogen-bond acceptors (Lipinski definition) is 4. The van der Waals surface area contributed by atoms with E-state index in [1.807, 2.05) is 25.1 Å². The van der Waals surface area contributed by atoms with Gasteiger partial charge in [-0.3, -0.25) is 9.59 Å². The number of unbranched alkanes of at least 4 members (excludes halogenated alkanes) is 2. The van der Waals surface area contributed by atoms with E-state index in [4.69, 9.17) is 16.3 Å². The zero-order valence-electron chi connectivity index (χ0n) is 20.4. The first-order valence-electron chi connectivity index (χ1n) is 11.8. The van der Waals surface area contributed by atoms with Gasteiger partial charge in [-0.2, -0.15) is 0 Å². The van der Waals surface area contributed by atoms with Crippen LogP contribution in [0.3, 0.4) is 0 Å². The lowest BCUT2D eigenvalue weighted by Crippen LogP contribution is -2.44. The number of benzene rings is 2. The molecule has 7 nitrogen and oxygen atoms in total. The molecule has 0 bridgehead atoms. The highest BCUT2D eigenvalue weighted by Gasteiger charge is 2.23. The van der Waals surface area contributed by atoms with Gasteiger partial charge in [0.15, 0.2) is 0 Å². The van der Waals surface area contributed by atoms with Crippen molar-refractivity contribution in [2.75, 3.05) is 12.4 Å². The number of anilines is 1. The maximum absolute atomic E-state index is 13.1. The molecule has 186 valence electrons. The third-order valence-corrected chi connectivity index (χ3v) is 6.30. The molecule has 2 amide bonds. The fourth-order valence-electron chi connectivity index (χ4n) is 4.07. The fourth-order valence-corrected chi connectivity index (χ4v) is 4.26. The number of carbonyl (C=O) groups is 3. The van der Waals surface area contributed by atoms with Crippen molar-refractivity contribution in [1.82, 2.24) is 10.3 Å². The van der Waals surface area contributed by atoms with Crippen LogP contribution in [0.25, 0.3) is 10.9 Å². The number of nitrogens with one attached hydrogen (secondary N) is 3. The summed E-state index contributed by atoms with van der Waals surface area (Å²) >= 11 is 6.20. The number of aryl methyl sites for hydroxylation is 1. The molecule has 1 aromatic heterocycles. The number of Topliss-reactive ketones (excluding diaryl/α,β-unsaturated/α-hetero) is 1. The van der Waals surface area contributed by atoms with Gasteiger partial charge in [0.25, 0.3) is 0 Å². The fraction of sp³-hybridized carbons (Fsp3) is 0.370. The van der Waals surface area contributed by atoms with Gasteiger partial charge >= 0.3 is 0 Å². The van der Waals surface area contributed by atoms with Crippen LogP contribution in [0.5, 0.6) is 5.75 Å². The molecule has 3 N–H and O–H groups in total. The normalized spacial score (nSPS) is 11.8. The molecule has 0 aliphatic heterocycles. The van der Waals surface area contributed by atoms with Crippen molar-refractivity contribution in [2.45, 2.75) is 58.4 Å². The SMILES string of the molecule is COc1ccc2[nH]c(C)c(CC(=O)N[C@@H](CCCCCC(C)=O)C(=O)Nc3ccccc3Cl)c2c1. The topological polar surface area (TPSA) is 100 Å². The second kappa shape index (κ2) is 12.4. The van der Waals surface area contributed by atoms with Crippen LogP contribution in [-0.4, -0.2) is 35.7 Å². The van der Waals surface area contributed by atoms with Crippen LogP contribution in [0.1, 0.15) is 50.3 Å². The molecule has 0 aliphatic carbocycles. The van der Waals surface area contributed by atoms with Gasteiger partial charge < -0.3 is 25.1 Å². The molecule has 3 aromatic rings. The van der Waals surface area contributed by atoms with E-state index in [-0.39, 0.29) is 24.0 Å². The maximum atomic E-state index is 13.1. The van der Waals surface area contributed by atoms with Gasteiger partial charge in [0, 0.05) is 23.0 Å². The van der Waals surface area contributed by atoms with Crippen LogP contribution in [0.15, 0.2) is 42.5 Å². The molecule has 1 heterocycles. The molecule has 0 saturated carbocycles. The number of halogens is 1. The van der Waals surface area contributed by atoms with E-state index in [0.717, 1.165) is 35.0 Å². The second-order valence-electron chi connectivity index (χ2n) is 8.71. The number of para-hydroxylation sites is 1. The van der Waals surface area contributed by atoms with Crippen molar-refractivity contribution < 1.29 is 19.1 Å². The summed E-state index contributed by atoms with van der Waals surface area (Å²) in [5.41, 5.74) is 3.17. The summed E-state index contributed by atoms with van der Waals surface area (Å²) in [4.78, 5) is 40.6. The summed E-state index contributed by atoms with van der Waals surface area (Å²) in [7, 11) is 1.60. The molecule has 0 aliphatic rings. The molecule has 0 spiro atoms. The van der Waals surface area contributed by atoms with Gasteiger partial charge in [-0.15, -0.1) is 0 Å². The number of fused-ring (bicyclic) bond motifs is 1. The van der Waals surface area contributed by atoms with Crippen molar-refractivity contribution in [3.63, 3.8) is 0 Å². The summed E-state index contributed by atoms with van der Waals surface area (Å²) in [6, 6.07) is 11.9. The lowest BCUT2D eigenvalue weighted by atomic mass is 10.0. The highest BCUT2D eigenvalue weighted by molar-refractivity contribution is 6.33. The van der Waals surface area contributed by atoms with E-state index in [1.54, 1.807) is 38.3 Å². The Labute approximate surface area is 210 Å². The lowest BCUT2D eigenvalue weighted by molar-refractivity contribution is -0.126. The predicted molar refractivity (Wildman–Crippen MR) is 139 cm³/mol. The summed E-state index contributed by atoms with van der Waals surface area (Å²) < 4.78 is 5.33. The molecule has 0 saturated heterocycles. The van der Waals surface area contributed by atoms with Crippen molar-refractivity contribution in [2.24, 2.45) is 0 Å². The molecule has 8 heteroatoms. The molecular formula is C27H32ClN3O4.